The zero-order valence-electron chi connectivity index (χ0n) is 11.5. The van der Waals surface area contributed by atoms with Crippen molar-refractivity contribution in [3.05, 3.63) is 48.4 Å². The van der Waals surface area contributed by atoms with Crippen LogP contribution in [0, 0.1) is 0 Å². The number of likely N-dealkylation sites (N-methyl/N-ethyl adjacent to an activating group) is 1. The third-order valence-electron chi connectivity index (χ3n) is 2.80. The Hall–Kier alpha value is -2.43. The number of benzene rings is 1. The maximum atomic E-state index is 11.9. The number of ether oxygens (including phenoxy) is 2. The predicted molar refractivity (Wildman–Crippen MR) is 73.7 cm³/mol. The van der Waals surface area contributed by atoms with Gasteiger partial charge in [-0.3, -0.25) is 4.79 Å². The van der Waals surface area contributed by atoms with E-state index in [2.05, 4.69) is 0 Å². The maximum absolute atomic E-state index is 11.9. The molecule has 0 atom stereocenters. The molecule has 5 heteroatoms. The van der Waals surface area contributed by atoms with Crippen molar-refractivity contribution in [2.45, 2.75) is 6.54 Å². The molecule has 0 saturated heterocycles. The summed E-state index contributed by atoms with van der Waals surface area (Å²) >= 11 is 0. The molecule has 2 aromatic rings. The van der Waals surface area contributed by atoms with Crippen LogP contribution < -0.4 is 9.47 Å². The lowest BCUT2D eigenvalue weighted by Crippen LogP contribution is -2.30. The molecule has 20 heavy (non-hydrogen) atoms. The van der Waals surface area contributed by atoms with Gasteiger partial charge >= 0.3 is 0 Å². The van der Waals surface area contributed by atoms with Crippen molar-refractivity contribution in [3.63, 3.8) is 0 Å². The van der Waals surface area contributed by atoms with Crippen LogP contribution in [0.25, 0.3) is 0 Å². The molecule has 0 aliphatic rings. The zero-order valence-corrected chi connectivity index (χ0v) is 11.5. The molecule has 0 N–H and O–H groups in total. The Morgan fingerprint density at radius 2 is 2.05 bits per heavy atom. The first-order chi connectivity index (χ1) is 9.69. The van der Waals surface area contributed by atoms with E-state index in [0.717, 1.165) is 5.76 Å². The first kappa shape index (κ1) is 14.0. The number of carbonyl (C=O) groups is 1. The first-order valence-electron chi connectivity index (χ1n) is 6.22. The van der Waals surface area contributed by atoms with Crippen molar-refractivity contribution in [1.82, 2.24) is 4.90 Å². The Labute approximate surface area is 117 Å². The summed E-state index contributed by atoms with van der Waals surface area (Å²) in [5.74, 6) is 1.91. The smallest absolute Gasteiger partial charge is 0.260 e. The van der Waals surface area contributed by atoms with Gasteiger partial charge < -0.3 is 18.8 Å². The molecule has 0 unspecified atom stereocenters. The van der Waals surface area contributed by atoms with E-state index in [-0.39, 0.29) is 12.5 Å². The van der Waals surface area contributed by atoms with Gasteiger partial charge in [0.15, 0.2) is 6.61 Å². The highest BCUT2D eigenvalue weighted by atomic mass is 16.5. The maximum Gasteiger partial charge on any atom is 0.260 e. The molecular formula is C15H17NO4. The fourth-order valence-electron chi connectivity index (χ4n) is 1.67. The Morgan fingerprint density at radius 3 is 2.75 bits per heavy atom. The molecule has 1 heterocycles. The average Bonchev–Trinajstić information content (AvgIpc) is 2.97. The summed E-state index contributed by atoms with van der Waals surface area (Å²) in [6.45, 7) is 0.400. The molecular weight excluding hydrogens is 258 g/mol. The second-order valence-corrected chi connectivity index (χ2v) is 4.30. The molecule has 0 spiro atoms. The normalized spacial score (nSPS) is 10.1. The van der Waals surface area contributed by atoms with Crippen LogP contribution >= 0.6 is 0 Å². The lowest BCUT2D eigenvalue weighted by atomic mass is 10.3. The lowest BCUT2D eigenvalue weighted by Gasteiger charge is -2.16. The Bertz CT molecular complexity index is 551. The van der Waals surface area contributed by atoms with Gasteiger partial charge in [-0.05, 0) is 24.3 Å². The SMILES string of the molecule is COc1cccc(OCC(=O)N(C)Cc2ccco2)c1. The van der Waals surface area contributed by atoms with Crippen molar-refractivity contribution < 1.29 is 18.7 Å². The quantitative estimate of drug-likeness (QED) is 0.812. The second-order valence-electron chi connectivity index (χ2n) is 4.30. The monoisotopic (exact) mass is 275 g/mol. The highest BCUT2D eigenvalue weighted by molar-refractivity contribution is 5.77. The molecule has 0 fully saturated rings. The number of hydrogen-bond donors (Lipinski definition) is 0. The summed E-state index contributed by atoms with van der Waals surface area (Å²) < 4.78 is 15.7. The van der Waals surface area contributed by atoms with E-state index in [0.29, 0.717) is 18.0 Å². The van der Waals surface area contributed by atoms with Gasteiger partial charge in [-0.15, -0.1) is 0 Å². The van der Waals surface area contributed by atoms with Crippen molar-refractivity contribution in [2.24, 2.45) is 0 Å². The van der Waals surface area contributed by atoms with Crippen LogP contribution in [0.15, 0.2) is 47.1 Å². The molecule has 0 radical (unpaired) electrons. The molecule has 106 valence electrons. The molecule has 1 aromatic heterocycles. The van der Waals surface area contributed by atoms with Gasteiger partial charge in [-0.25, -0.2) is 0 Å². The minimum absolute atomic E-state index is 0.0234. The third-order valence-corrected chi connectivity index (χ3v) is 2.80. The van der Waals surface area contributed by atoms with Gasteiger partial charge in [0.25, 0.3) is 5.91 Å². The van der Waals surface area contributed by atoms with Crippen LogP contribution in [-0.4, -0.2) is 31.6 Å². The van der Waals surface area contributed by atoms with Gasteiger partial charge in [0.1, 0.15) is 17.3 Å². The number of methoxy groups -OCH3 is 1. The number of rotatable bonds is 6. The minimum atomic E-state index is -0.121. The van der Waals surface area contributed by atoms with Crippen LogP contribution in [0.4, 0.5) is 0 Å². The summed E-state index contributed by atoms with van der Waals surface area (Å²) in [6, 6.07) is 10.8. The number of hydrogen-bond acceptors (Lipinski definition) is 4. The molecule has 0 saturated carbocycles. The van der Waals surface area contributed by atoms with Gasteiger partial charge in [0.05, 0.1) is 19.9 Å². The fraction of sp³-hybridized carbons (Fsp3) is 0.267. The zero-order chi connectivity index (χ0) is 14.4. The van der Waals surface area contributed by atoms with Gasteiger partial charge in [-0.2, -0.15) is 0 Å². The summed E-state index contributed by atoms with van der Waals surface area (Å²) in [6.07, 6.45) is 1.58. The fourth-order valence-corrected chi connectivity index (χ4v) is 1.67. The molecule has 5 nitrogen and oxygen atoms in total. The standard InChI is InChI=1S/C15H17NO4/c1-16(10-14-7-4-8-19-14)15(17)11-20-13-6-3-5-12(9-13)18-2/h3-9H,10-11H2,1-2H3. The molecule has 1 amide bonds. The van der Waals surface area contributed by atoms with E-state index < -0.39 is 0 Å². The van der Waals surface area contributed by atoms with Crippen molar-refractivity contribution in [3.8, 4) is 11.5 Å². The number of amides is 1. The van der Waals surface area contributed by atoms with E-state index in [4.69, 9.17) is 13.9 Å². The Morgan fingerprint density at radius 1 is 1.25 bits per heavy atom. The van der Waals surface area contributed by atoms with Crippen LogP contribution in [0.1, 0.15) is 5.76 Å². The number of carbonyl (C=O) groups excluding carboxylic acids is 1. The van der Waals surface area contributed by atoms with E-state index in [1.165, 1.54) is 0 Å². The van der Waals surface area contributed by atoms with E-state index in [1.54, 1.807) is 43.5 Å². The van der Waals surface area contributed by atoms with Gasteiger partial charge in [0, 0.05) is 13.1 Å². The second kappa shape index (κ2) is 6.65. The molecule has 2 rings (SSSR count). The Kier molecular flexibility index (Phi) is 4.65. The minimum Gasteiger partial charge on any atom is -0.497 e. The molecule has 0 aliphatic carbocycles. The number of furan rings is 1. The van der Waals surface area contributed by atoms with Crippen LogP contribution in [0.2, 0.25) is 0 Å². The predicted octanol–water partition coefficient (Wildman–Crippen LogP) is 2.33. The summed E-state index contributed by atoms with van der Waals surface area (Å²) in [4.78, 5) is 13.5. The summed E-state index contributed by atoms with van der Waals surface area (Å²) in [5, 5.41) is 0. The van der Waals surface area contributed by atoms with E-state index in [9.17, 15) is 4.79 Å². The van der Waals surface area contributed by atoms with Crippen LogP contribution in [0.5, 0.6) is 11.5 Å². The third kappa shape index (κ3) is 3.78. The number of nitrogens with zero attached hydrogens (tertiary/aromatic N) is 1. The highest BCUT2D eigenvalue weighted by Gasteiger charge is 2.11. The molecule has 0 bridgehead atoms. The highest BCUT2D eigenvalue weighted by Crippen LogP contribution is 2.18. The Balaban J connectivity index is 1.84. The molecule has 0 aliphatic heterocycles. The topological polar surface area (TPSA) is 51.9 Å². The first-order valence-corrected chi connectivity index (χ1v) is 6.22. The summed E-state index contributed by atoms with van der Waals surface area (Å²) in [7, 11) is 3.29. The van der Waals surface area contributed by atoms with E-state index >= 15 is 0 Å². The largest absolute Gasteiger partial charge is 0.497 e. The van der Waals surface area contributed by atoms with Crippen LogP contribution in [0.3, 0.4) is 0 Å². The average molecular weight is 275 g/mol. The van der Waals surface area contributed by atoms with Crippen molar-refractivity contribution in [1.29, 1.82) is 0 Å². The van der Waals surface area contributed by atoms with Crippen molar-refractivity contribution >= 4 is 5.91 Å². The van der Waals surface area contributed by atoms with Crippen LogP contribution in [-0.2, 0) is 11.3 Å². The van der Waals surface area contributed by atoms with Gasteiger partial charge in [-0.1, -0.05) is 6.07 Å². The van der Waals surface area contributed by atoms with E-state index in [1.807, 2.05) is 18.2 Å². The van der Waals surface area contributed by atoms with Crippen molar-refractivity contribution in [2.75, 3.05) is 20.8 Å². The van der Waals surface area contributed by atoms with Gasteiger partial charge in [0.2, 0.25) is 0 Å². The lowest BCUT2D eigenvalue weighted by molar-refractivity contribution is -0.132. The molecule has 1 aromatic carbocycles. The summed E-state index contributed by atoms with van der Waals surface area (Å²) in [5.41, 5.74) is 0.